The number of unbranched alkanes of at least 4 members (excludes halogenated alkanes) is 10. The van der Waals surface area contributed by atoms with Crippen molar-refractivity contribution in [2.75, 3.05) is 13.2 Å². The van der Waals surface area contributed by atoms with Crippen molar-refractivity contribution < 1.29 is 19.7 Å². The molecule has 0 saturated carbocycles. The zero-order chi connectivity index (χ0) is 15.8. The molecule has 0 bridgehead atoms. The summed E-state index contributed by atoms with van der Waals surface area (Å²) < 4.78 is 5.27. The van der Waals surface area contributed by atoms with Crippen molar-refractivity contribution >= 4 is 5.97 Å². The van der Waals surface area contributed by atoms with E-state index in [2.05, 4.69) is 6.92 Å². The molecule has 126 valence electrons. The molecule has 0 aromatic rings. The Balaban J connectivity index is 3.07. The van der Waals surface area contributed by atoms with E-state index in [0.29, 0.717) is 6.61 Å². The molecule has 0 spiro atoms. The molecule has 0 fully saturated rings. The van der Waals surface area contributed by atoms with Gasteiger partial charge in [0, 0.05) is 6.61 Å². The summed E-state index contributed by atoms with van der Waals surface area (Å²) in [5.41, 5.74) is 0. The van der Waals surface area contributed by atoms with E-state index in [1.54, 1.807) is 0 Å². The summed E-state index contributed by atoms with van der Waals surface area (Å²) in [7, 11) is 0. The molecule has 4 heteroatoms. The molecule has 2 N–H and O–H groups in total. The first-order valence-corrected chi connectivity index (χ1v) is 8.64. The van der Waals surface area contributed by atoms with Crippen LogP contribution in [0.15, 0.2) is 0 Å². The van der Waals surface area contributed by atoms with Crippen LogP contribution < -0.4 is 0 Å². The van der Waals surface area contributed by atoms with Gasteiger partial charge < -0.3 is 14.9 Å². The van der Waals surface area contributed by atoms with Crippen LogP contribution in [-0.4, -0.2) is 35.5 Å². The molecule has 1 atom stereocenters. The van der Waals surface area contributed by atoms with Crippen LogP contribution in [0.25, 0.3) is 0 Å². The Labute approximate surface area is 129 Å². The highest BCUT2D eigenvalue weighted by molar-refractivity contribution is 5.67. The molecule has 0 heterocycles. The fraction of sp³-hybridized carbons (Fsp3) is 0.941. The maximum Gasteiger partial charge on any atom is 0.306 e. The summed E-state index contributed by atoms with van der Waals surface area (Å²) in [4.78, 5) is 10.3. The van der Waals surface area contributed by atoms with E-state index in [1.165, 1.54) is 57.8 Å². The van der Waals surface area contributed by atoms with Gasteiger partial charge in [0.05, 0.1) is 19.1 Å². The third-order valence-corrected chi connectivity index (χ3v) is 3.61. The van der Waals surface area contributed by atoms with Crippen LogP contribution in [0.4, 0.5) is 0 Å². The topological polar surface area (TPSA) is 66.8 Å². The third-order valence-electron chi connectivity index (χ3n) is 3.61. The SMILES string of the molecule is CCCCCCCCCCCCCOCC(O)CC(=O)O. The molecular weight excluding hydrogens is 268 g/mol. The molecule has 0 radical (unpaired) electrons. The largest absolute Gasteiger partial charge is 0.481 e. The second-order valence-corrected chi connectivity index (χ2v) is 5.86. The Morgan fingerprint density at radius 3 is 1.86 bits per heavy atom. The lowest BCUT2D eigenvalue weighted by molar-refractivity contribution is -0.140. The van der Waals surface area contributed by atoms with Crippen molar-refractivity contribution in [1.82, 2.24) is 0 Å². The van der Waals surface area contributed by atoms with Crippen LogP contribution in [0.2, 0.25) is 0 Å². The van der Waals surface area contributed by atoms with E-state index < -0.39 is 12.1 Å². The lowest BCUT2D eigenvalue weighted by atomic mass is 10.1. The number of aliphatic hydroxyl groups is 1. The fourth-order valence-corrected chi connectivity index (χ4v) is 2.35. The second-order valence-electron chi connectivity index (χ2n) is 5.86. The Bertz CT molecular complexity index is 231. The molecule has 0 aromatic heterocycles. The minimum absolute atomic E-state index is 0.129. The zero-order valence-corrected chi connectivity index (χ0v) is 13.7. The van der Waals surface area contributed by atoms with Crippen molar-refractivity contribution in [3.05, 3.63) is 0 Å². The van der Waals surface area contributed by atoms with Gasteiger partial charge in [0.1, 0.15) is 0 Å². The van der Waals surface area contributed by atoms with Crippen LogP contribution in [0, 0.1) is 0 Å². The molecule has 0 aliphatic heterocycles. The van der Waals surface area contributed by atoms with Crippen LogP contribution >= 0.6 is 0 Å². The average molecular weight is 302 g/mol. The lowest BCUT2D eigenvalue weighted by Gasteiger charge is -2.08. The van der Waals surface area contributed by atoms with Gasteiger partial charge in [-0.25, -0.2) is 0 Å². The van der Waals surface area contributed by atoms with Gasteiger partial charge in [-0.05, 0) is 6.42 Å². The monoisotopic (exact) mass is 302 g/mol. The van der Waals surface area contributed by atoms with E-state index in [9.17, 15) is 9.90 Å². The normalized spacial score (nSPS) is 12.5. The van der Waals surface area contributed by atoms with Gasteiger partial charge in [-0.2, -0.15) is 0 Å². The molecule has 0 saturated heterocycles. The quantitative estimate of drug-likeness (QED) is 0.420. The fourth-order valence-electron chi connectivity index (χ4n) is 2.35. The first kappa shape index (κ1) is 20.4. The number of hydrogen-bond donors (Lipinski definition) is 2. The highest BCUT2D eigenvalue weighted by Crippen LogP contribution is 2.11. The smallest absolute Gasteiger partial charge is 0.306 e. The number of carboxylic acids is 1. The third kappa shape index (κ3) is 17.3. The Hall–Kier alpha value is -0.610. The minimum atomic E-state index is -0.985. The number of carbonyl (C=O) groups is 1. The summed E-state index contributed by atoms with van der Waals surface area (Å²) >= 11 is 0. The minimum Gasteiger partial charge on any atom is -0.481 e. The number of ether oxygens (including phenoxy) is 1. The number of carboxylic acid groups (broad SMARTS) is 1. The van der Waals surface area contributed by atoms with Gasteiger partial charge in [-0.1, -0.05) is 71.1 Å². The number of aliphatic hydroxyl groups excluding tert-OH is 1. The van der Waals surface area contributed by atoms with E-state index in [0.717, 1.165) is 12.8 Å². The molecule has 0 amide bonds. The van der Waals surface area contributed by atoms with Crippen molar-refractivity contribution in [3.8, 4) is 0 Å². The molecule has 0 aliphatic rings. The lowest BCUT2D eigenvalue weighted by Crippen LogP contribution is -2.19. The van der Waals surface area contributed by atoms with Crippen molar-refractivity contribution in [2.45, 2.75) is 90.1 Å². The van der Waals surface area contributed by atoms with E-state index >= 15 is 0 Å². The number of rotatable bonds is 16. The summed E-state index contributed by atoms with van der Waals surface area (Å²) in [6.45, 7) is 2.99. The van der Waals surface area contributed by atoms with Crippen molar-refractivity contribution in [2.24, 2.45) is 0 Å². The van der Waals surface area contributed by atoms with Crippen LogP contribution in [0.1, 0.15) is 84.0 Å². The van der Waals surface area contributed by atoms with Gasteiger partial charge in [0.25, 0.3) is 0 Å². The van der Waals surface area contributed by atoms with Gasteiger partial charge in [0.2, 0.25) is 0 Å². The van der Waals surface area contributed by atoms with Gasteiger partial charge in [-0.3, -0.25) is 4.79 Å². The van der Waals surface area contributed by atoms with Gasteiger partial charge >= 0.3 is 5.97 Å². The summed E-state index contributed by atoms with van der Waals surface area (Å²) in [5.74, 6) is -0.985. The van der Waals surface area contributed by atoms with E-state index in [4.69, 9.17) is 9.84 Å². The number of hydrogen-bond acceptors (Lipinski definition) is 3. The summed E-state index contributed by atoms with van der Waals surface area (Å²) in [6.07, 6.45) is 13.1. The Morgan fingerprint density at radius 2 is 1.38 bits per heavy atom. The first-order chi connectivity index (χ1) is 10.2. The molecule has 0 aliphatic carbocycles. The van der Waals surface area contributed by atoms with Crippen LogP contribution in [0.3, 0.4) is 0 Å². The standard InChI is InChI=1S/C17H34O4/c1-2-3-4-5-6-7-8-9-10-11-12-13-21-15-16(18)14-17(19)20/h16,18H,2-15H2,1H3,(H,19,20). The maximum atomic E-state index is 10.3. The zero-order valence-electron chi connectivity index (χ0n) is 13.7. The molecule has 0 rings (SSSR count). The predicted octanol–water partition coefficient (Wildman–Crippen LogP) is 4.15. The summed E-state index contributed by atoms with van der Waals surface area (Å²) in [5, 5.41) is 17.8. The van der Waals surface area contributed by atoms with Gasteiger partial charge in [-0.15, -0.1) is 0 Å². The van der Waals surface area contributed by atoms with Crippen molar-refractivity contribution in [1.29, 1.82) is 0 Å². The Kier molecular flexibility index (Phi) is 15.3. The van der Waals surface area contributed by atoms with Crippen LogP contribution in [-0.2, 0) is 9.53 Å². The molecule has 21 heavy (non-hydrogen) atoms. The Morgan fingerprint density at radius 1 is 0.905 bits per heavy atom. The molecule has 0 aromatic carbocycles. The number of aliphatic carboxylic acids is 1. The average Bonchev–Trinajstić information content (AvgIpc) is 2.43. The summed E-state index contributed by atoms with van der Waals surface area (Å²) in [6, 6.07) is 0. The van der Waals surface area contributed by atoms with Gasteiger partial charge in [0.15, 0.2) is 0 Å². The molecule has 1 unspecified atom stereocenters. The highest BCUT2D eigenvalue weighted by Gasteiger charge is 2.08. The maximum absolute atomic E-state index is 10.3. The first-order valence-electron chi connectivity index (χ1n) is 8.64. The van der Waals surface area contributed by atoms with Crippen molar-refractivity contribution in [3.63, 3.8) is 0 Å². The predicted molar refractivity (Wildman–Crippen MR) is 85.5 cm³/mol. The van der Waals surface area contributed by atoms with E-state index in [-0.39, 0.29) is 13.0 Å². The molecular formula is C17H34O4. The highest BCUT2D eigenvalue weighted by atomic mass is 16.5. The molecule has 4 nitrogen and oxygen atoms in total. The second kappa shape index (κ2) is 15.8. The van der Waals surface area contributed by atoms with E-state index in [1.807, 2.05) is 0 Å². The van der Waals surface area contributed by atoms with Crippen LogP contribution in [0.5, 0.6) is 0 Å².